The Bertz CT molecular complexity index is 1330. The monoisotopic (exact) mass is 548 g/mol. The normalized spacial score (nSPS) is 21.3. The molecule has 2 heterocycles. The average molecular weight is 549 g/mol. The maximum atomic E-state index is 12.6. The summed E-state index contributed by atoms with van der Waals surface area (Å²) in [6, 6.07) is 20.3. The van der Waals surface area contributed by atoms with Gasteiger partial charge in [-0.05, 0) is 92.7 Å². The number of rotatable bonds is 12. The molecule has 2 atom stereocenters. The van der Waals surface area contributed by atoms with Crippen LogP contribution in [0.5, 0.6) is 11.5 Å². The molecule has 0 bridgehead atoms. The van der Waals surface area contributed by atoms with Crippen LogP contribution in [0.2, 0.25) is 0 Å². The van der Waals surface area contributed by atoms with Gasteiger partial charge in [0, 0.05) is 42.9 Å². The van der Waals surface area contributed by atoms with Crippen LogP contribution in [-0.2, 0) is 17.6 Å². The molecule has 2 aromatic carbocycles. The number of allylic oxidation sites excluding steroid dienone is 3. The Morgan fingerprint density at radius 1 is 0.927 bits per heavy atom. The zero-order chi connectivity index (χ0) is 28.1. The Hall–Kier alpha value is -3.66. The number of ketones is 1. The summed E-state index contributed by atoms with van der Waals surface area (Å²) >= 11 is 0. The maximum Gasteiger partial charge on any atom is 0.132 e. The SMILES string of the molecule is O=C(CCCCc1ccccc1Oc1ccccc1)CCCC1CCCC(/C=C2/N=C\C=C\Cc3[nH]ccc32)CC1. The number of ether oxygens (including phenoxy) is 1. The molecule has 214 valence electrons. The number of aryl methyl sites for hydroxylation is 1. The molecule has 0 spiro atoms. The van der Waals surface area contributed by atoms with Gasteiger partial charge in [-0.15, -0.1) is 0 Å². The minimum atomic E-state index is 0.425. The Labute approximate surface area is 245 Å². The minimum Gasteiger partial charge on any atom is -0.457 e. The molecule has 0 saturated heterocycles. The van der Waals surface area contributed by atoms with E-state index in [2.05, 4.69) is 35.3 Å². The summed E-state index contributed by atoms with van der Waals surface area (Å²) in [5.74, 6) is 3.53. The van der Waals surface area contributed by atoms with Gasteiger partial charge in [-0.25, -0.2) is 0 Å². The lowest BCUT2D eigenvalue weighted by atomic mass is 9.92. The number of hydrogen-bond acceptors (Lipinski definition) is 3. The molecular formula is C37H44N2O2. The van der Waals surface area contributed by atoms with Crippen LogP contribution in [0.3, 0.4) is 0 Å². The number of carbonyl (C=O) groups excluding carboxylic acids is 1. The van der Waals surface area contributed by atoms with Crippen LogP contribution < -0.4 is 4.74 Å². The van der Waals surface area contributed by atoms with E-state index in [9.17, 15) is 4.79 Å². The number of nitrogens with one attached hydrogen (secondary N) is 1. The molecule has 5 rings (SSSR count). The number of Topliss-reactive ketones (excluding diaryl/α,β-unsaturated/α-hetero) is 1. The molecule has 0 radical (unpaired) electrons. The van der Waals surface area contributed by atoms with Gasteiger partial charge in [0.25, 0.3) is 0 Å². The fourth-order valence-electron chi connectivity index (χ4n) is 6.25. The highest BCUT2D eigenvalue weighted by molar-refractivity contribution is 5.81. The molecule has 2 unspecified atom stereocenters. The van der Waals surface area contributed by atoms with Crippen LogP contribution in [0.1, 0.15) is 87.4 Å². The second kappa shape index (κ2) is 15.4. The molecule has 1 fully saturated rings. The van der Waals surface area contributed by atoms with Crippen LogP contribution in [0.4, 0.5) is 0 Å². The first-order valence-corrected chi connectivity index (χ1v) is 15.6. The highest BCUT2D eigenvalue weighted by atomic mass is 16.5. The summed E-state index contributed by atoms with van der Waals surface area (Å²) in [4.78, 5) is 20.8. The number of carbonyl (C=O) groups is 1. The standard InChI is InChI=1S/C37H44N2O2/c40-32(17-6-4-15-31-16-5-7-22-37(31)41-33-19-2-1-3-20-33)18-11-13-29-12-10-14-30(24-23-29)28-36-34-25-27-39-35(34)21-8-9-26-38-36/h1-3,5,7-9,16,19-20,22,25-30,39H,4,6,10-15,17-18,21,23-24H2/b9-8+,36-28+,38-26-. The van der Waals surface area contributed by atoms with E-state index < -0.39 is 0 Å². The number of para-hydroxylation sites is 2. The van der Waals surface area contributed by atoms with E-state index in [-0.39, 0.29) is 0 Å². The van der Waals surface area contributed by atoms with Crippen molar-refractivity contribution in [2.45, 2.75) is 83.5 Å². The summed E-state index contributed by atoms with van der Waals surface area (Å²) in [6.45, 7) is 0. The van der Waals surface area contributed by atoms with Gasteiger partial charge in [-0.1, -0.05) is 67.8 Å². The van der Waals surface area contributed by atoms with Gasteiger partial charge in [-0.2, -0.15) is 0 Å². The predicted molar refractivity (Wildman–Crippen MR) is 170 cm³/mol. The Kier molecular flexibility index (Phi) is 10.8. The summed E-state index contributed by atoms with van der Waals surface area (Å²) in [7, 11) is 0. The number of nitrogens with zero attached hydrogens (tertiary/aromatic N) is 1. The fourth-order valence-corrected chi connectivity index (χ4v) is 6.25. The first-order chi connectivity index (χ1) is 20.2. The van der Waals surface area contributed by atoms with Gasteiger partial charge in [0.05, 0.1) is 5.70 Å². The van der Waals surface area contributed by atoms with Crippen LogP contribution in [0.25, 0.3) is 5.70 Å². The van der Waals surface area contributed by atoms with Gasteiger partial charge in [0.2, 0.25) is 0 Å². The number of fused-ring (bicyclic) bond motifs is 1. The minimum absolute atomic E-state index is 0.425. The van der Waals surface area contributed by atoms with Crippen LogP contribution in [0, 0.1) is 11.8 Å². The highest BCUT2D eigenvalue weighted by Crippen LogP contribution is 2.34. The van der Waals surface area contributed by atoms with Crippen molar-refractivity contribution >= 4 is 17.7 Å². The van der Waals surface area contributed by atoms with Gasteiger partial charge < -0.3 is 9.72 Å². The van der Waals surface area contributed by atoms with Gasteiger partial charge in [0.15, 0.2) is 0 Å². The lowest BCUT2D eigenvalue weighted by Gasteiger charge is -2.14. The van der Waals surface area contributed by atoms with E-state index in [1.807, 2.05) is 61.0 Å². The van der Waals surface area contributed by atoms with Crippen LogP contribution in [0.15, 0.2) is 90.1 Å². The van der Waals surface area contributed by atoms with E-state index in [1.165, 1.54) is 55.3 Å². The van der Waals surface area contributed by atoms with Gasteiger partial charge in [-0.3, -0.25) is 9.79 Å². The van der Waals surface area contributed by atoms with Crippen molar-refractivity contribution in [2.24, 2.45) is 16.8 Å². The molecule has 41 heavy (non-hydrogen) atoms. The topological polar surface area (TPSA) is 54.4 Å². The Morgan fingerprint density at radius 3 is 2.71 bits per heavy atom. The fraction of sp³-hybridized carbons (Fsp3) is 0.405. The molecule has 3 aromatic rings. The van der Waals surface area contributed by atoms with E-state index in [1.54, 1.807) is 0 Å². The molecule has 4 heteroatoms. The summed E-state index contributed by atoms with van der Waals surface area (Å²) in [6.07, 6.45) is 24.3. The Balaban J connectivity index is 0.998. The molecule has 0 amide bonds. The van der Waals surface area contributed by atoms with Crippen LogP contribution in [-0.4, -0.2) is 17.0 Å². The number of H-pyrrole nitrogens is 1. The van der Waals surface area contributed by atoms with Crippen molar-refractivity contribution in [2.75, 3.05) is 0 Å². The van der Waals surface area contributed by atoms with Crippen molar-refractivity contribution in [1.82, 2.24) is 4.98 Å². The number of hydrogen-bond donors (Lipinski definition) is 1. The number of unbranched alkanes of at least 4 members (excludes halogenated alkanes) is 1. The van der Waals surface area contributed by atoms with E-state index >= 15 is 0 Å². The predicted octanol–water partition coefficient (Wildman–Crippen LogP) is 9.68. The van der Waals surface area contributed by atoms with Gasteiger partial charge >= 0.3 is 0 Å². The molecule has 1 N–H and O–H groups in total. The van der Waals surface area contributed by atoms with Crippen LogP contribution >= 0.6 is 0 Å². The lowest BCUT2D eigenvalue weighted by Crippen LogP contribution is -2.03. The highest BCUT2D eigenvalue weighted by Gasteiger charge is 2.19. The number of aromatic amines is 1. The second-order valence-electron chi connectivity index (χ2n) is 11.6. The quantitative estimate of drug-likeness (QED) is 0.181. The van der Waals surface area contributed by atoms with Crippen molar-refractivity contribution < 1.29 is 9.53 Å². The molecule has 1 aliphatic heterocycles. The van der Waals surface area contributed by atoms with E-state index in [4.69, 9.17) is 9.73 Å². The number of aliphatic imine (C=N–C) groups is 1. The summed E-state index contributed by atoms with van der Waals surface area (Å²) in [5.41, 5.74) is 4.82. The third kappa shape index (κ3) is 8.91. The smallest absolute Gasteiger partial charge is 0.132 e. The van der Waals surface area contributed by atoms with Gasteiger partial charge in [0.1, 0.15) is 17.3 Å². The van der Waals surface area contributed by atoms with Crippen molar-refractivity contribution in [1.29, 1.82) is 0 Å². The number of aromatic nitrogens is 1. The lowest BCUT2D eigenvalue weighted by molar-refractivity contribution is -0.119. The second-order valence-corrected chi connectivity index (χ2v) is 11.6. The van der Waals surface area contributed by atoms with Crippen molar-refractivity contribution in [3.63, 3.8) is 0 Å². The third-order valence-corrected chi connectivity index (χ3v) is 8.56. The molecule has 1 aromatic heterocycles. The first-order valence-electron chi connectivity index (χ1n) is 15.6. The molecule has 2 aliphatic rings. The summed E-state index contributed by atoms with van der Waals surface area (Å²) < 4.78 is 6.09. The van der Waals surface area contributed by atoms with E-state index in [0.29, 0.717) is 18.1 Å². The zero-order valence-electron chi connectivity index (χ0n) is 24.3. The summed E-state index contributed by atoms with van der Waals surface area (Å²) in [5, 5.41) is 0. The first kappa shape index (κ1) is 28.9. The maximum absolute atomic E-state index is 12.6. The zero-order valence-corrected chi connectivity index (χ0v) is 24.3. The van der Waals surface area contributed by atoms with E-state index in [0.717, 1.165) is 61.6 Å². The largest absolute Gasteiger partial charge is 0.457 e. The Morgan fingerprint density at radius 2 is 1.78 bits per heavy atom. The third-order valence-electron chi connectivity index (χ3n) is 8.56. The molecule has 4 nitrogen and oxygen atoms in total. The molecular weight excluding hydrogens is 504 g/mol. The molecule has 1 aliphatic carbocycles. The van der Waals surface area contributed by atoms with Crippen molar-refractivity contribution in [3.05, 3.63) is 102 Å². The molecule has 1 saturated carbocycles. The average Bonchev–Trinajstić information content (AvgIpc) is 3.32. The van der Waals surface area contributed by atoms with Crippen molar-refractivity contribution in [3.8, 4) is 11.5 Å². The number of benzene rings is 2.